The molecule has 5 heteroatoms. The monoisotopic (exact) mass is 274 g/mol. The quantitative estimate of drug-likeness (QED) is 0.515. The van der Waals surface area contributed by atoms with E-state index >= 15 is 0 Å². The van der Waals surface area contributed by atoms with E-state index in [0.717, 1.165) is 16.2 Å². The van der Waals surface area contributed by atoms with E-state index in [2.05, 4.69) is 0 Å². The molecule has 0 amide bonds. The largest absolute Gasteiger partial charge is 0.323 e. The van der Waals surface area contributed by atoms with E-state index in [-0.39, 0.29) is 11.7 Å². The standard InChI is InChI=1S/C14H14N2O2S/c15-14(11-4-2-1-3-5-11)10-19-13-8-6-12(7-9-13)16(17)18/h1-9,14H,10,15H2. The highest BCUT2D eigenvalue weighted by Crippen LogP contribution is 2.25. The van der Waals surface area contributed by atoms with Gasteiger partial charge in [-0.1, -0.05) is 30.3 Å². The molecule has 0 spiro atoms. The van der Waals surface area contributed by atoms with Crippen LogP contribution in [-0.2, 0) is 0 Å². The van der Waals surface area contributed by atoms with Gasteiger partial charge in [0.25, 0.3) is 5.69 Å². The molecule has 0 bridgehead atoms. The van der Waals surface area contributed by atoms with Gasteiger partial charge in [-0.3, -0.25) is 10.1 Å². The van der Waals surface area contributed by atoms with Gasteiger partial charge < -0.3 is 5.73 Å². The zero-order valence-electron chi connectivity index (χ0n) is 10.2. The molecule has 1 atom stereocenters. The Morgan fingerprint density at radius 3 is 2.32 bits per heavy atom. The normalized spacial score (nSPS) is 12.1. The Bertz CT molecular complexity index is 543. The highest BCUT2D eigenvalue weighted by Gasteiger charge is 2.08. The molecule has 2 N–H and O–H groups in total. The van der Waals surface area contributed by atoms with Gasteiger partial charge in [0.15, 0.2) is 0 Å². The molecule has 0 aliphatic rings. The molecule has 1 unspecified atom stereocenters. The van der Waals surface area contributed by atoms with Crippen LogP contribution in [0.4, 0.5) is 5.69 Å². The zero-order chi connectivity index (χ0) is 13.7. The van der Waals surface area contributed by atoms with E-state index in [9.17, 15) is 10.1 Å². The van der Waals surface area contributed by atoms with Crippen molar-refractivity contribution in [3.05, 3.63) is 70.3 Å². The van der Waals surface area contributed by atoms with Crippen LogP contribution in [-0.4, -0.2) is 10.7 Å². The van der Waals surface area contributed by atoms with E-state index in [4.69, 9.17) is 5.73 Å². The number of non-ortho nitro benzene ring substituents is 1. The fourth-order valence-electron chi connectivity index (χ4n) is 1.65. The molecule has 2 rings (SSSR count). The maximum absolute atomic E-state index is 10.5. The summed E-state index contributed by atoms with van der Waals surface area (Å²) in [6.07, 6.45) is 0. The molecular weight excluding hydrogens is 260 g/mol. The van der Waals surface area contributed by atoms with Crippen LogP contribution < -0.4 is 5.73 Å². The first-order valence-corrected chi connectivity index (χ1v) is 6.83. The average Bonchev–Trinajstić information content (AvgIpc) is 2.46. The molecule has 4 nitrogen and oxygen atoms in total. The van der Waals surface area contributed by atoms with Crippen molar-refractivity contribution in [3.8, 4) is 0 Å². The minimum atomic E-state index is -0.399. The van der Waals surface area contributed by atoms with Gasteiger partial charge in [0.05, 0.1) is 4.92 Å². The number of thioether (sulfide) groups is 1. The van der Waals surface area contributed by atoms with Gasteiger partial charge >= 0.3 is 0 Å². The number of nitro groups is 1. The third kappa shape index (κ3) is 3.81. The van der Waals surface area contributed by atoms with Crippen LogP contribution in [0.2, 0.25) is 0 Å². The fourth-order valence-corrected chi connectivity index (χ4v) is 2.54. The van der Waals surface area contributed by atoms with Gasteiger partial charge in [-0.2, -0.15) is 0 Å². The summed E-state index contributed by atoms with van der Waals surface area (Å²) in [4.78, 5) is 11.1. The Balaban J connectivity index is 1.93. The minimum Gasteiger partial charge on any atom is -0.323 e. The number of benzene rings is 2. The van der Waals surface area contributed by atoms with Crippen molar-refractivity contribution in [2.75, 3.05) is 5.75 Å². The Morgan fingerprint density at radius 1 is 1.11 bits per heavy atom. The highest BCUT2D eigenvalue weighted by molar-refractivity contribution is 7.99. The molecule has 0 aliphatic heterocycles. The maximum Gasteiger partial charge on any atom is 0.269 e. The van der Waals surface area contributed by atoms with E-state index in [0.29, 0.717) is 0 Å². The Labute approximate surface area is 115 Å². The Morgan fingerprint density at radius 2 is 1.74 bits per heavy atom. The minimum absolute atomic E-state index is 0.0404. The lowest BCUT2D eigenvalue weighted by Crippen LogP contribution is -2.12. The second-order valence-corrected chi connectivity index (χ2v) is 5.17. The summed E-state index contributed by atoms with van der Waals surface area (Å²) in [6, 6.07) is 16.4. The molecule has 0 aromatic heterocycles. The summed E-state index contributed by atoms with van der Waals surface area (Å²) < 4.78 is 0. The smallest absolute Gasteiger partial charge is 0.269 e. The summed E-state index contributed by atoms with van der Waals surface area (Å²) in [5, 5.41) is 10.5. The number of nitrogens with zero attached hydrogens (tertiary/aromatic N) is 1. The van der Waals surface area contributed by atoms with E-state index < -0.39 is 4.92 Å². The van der Waals surface area contributed by atoms with Crippen molar-refractivity contribution in [3.63, 3.8) is 0 Å². The van der Waals surface area contributed by atoms with Gasteiger partial charge in [-0.05, 0) is 17.7 Å². The number of nitro benzene ring substituents is 1. The van der Waals surface area contributed by atoms with Crippen molar-refractivity contribution in [2.45, 2.75) is 10.9 Å². The van der Waals surface area contributed by atoms with Gasteiger partial charge in [0, 0.05) is 28.8 Å². The van der Waals surface area contributed by atoms with Crippen LogP contribution >= 0.6 is 11.8 Å². The molecule has 98 valence electrons. The second kappa shape index (κ2) is 6.36. The van der Waals surface area contributed by atoms with E-state index in [1.807, 2.05) is 30.3 Å². The fraction of sp³-hybridized carbons (Fsp3) is 0.143. The molecule has 0 fully saturated rings. The molecule has 0 saturated heterocycles. The molecule has 19 heavy (non-hydrogen) atoms. The van der Waals surface area contributed by atoms with E-state index in [1.54, 1.807) is 23.9 Å². The maximum atomic E-state index is 10.5. The van der Waals surface area contributed by atoms with Gasteiger partial charge in [-0.25, -0.2) is 0 Å². The third-order valence-corrected chi connectivity index (χ3v) is 3.84. The number of hydrogen-bond acceptors (Lipinski definition) is 4. The first kappa shape index (κ1) is 13.6. The van der Waals surface area contributed by atoms with Crippen LogP contribution in [0.15, 0.2) is 59.5 Å². The molecule has 0 saturated carbocycles. The third-order valence-electron chi connectivity index (χ3n) is 2.70. The topological polar surface area (TPSA) is 69.2 Å². The molecule has 0 radical (unpaired) electrons. The predicted molar refractivity (Wildman–Crippen MR) is 77.2 cm³/mol. The number of rotatable bonds is 5. The van der Waals surface area contributed by atoms with Crippen LogP contribution in [0.25, 0.3) is 0 Å². The summed E-state index contributed by atoms with van der Waals surface area (Å²) in [5.74, 6) is 0.738. The number of nitrogens with two attached hydrogens (primary N) is 1. The zero-order valence-corrected chi connectivity index (χ0v) is 11.0. The van der Waals surface area contributed by atoms with Crippen molar-refractivity contribution < 1.29 is 4.92 Å². The van der Waals surface area contributed by atoms with Gasteiger partial charge in [0.1, 0.15) is 0 Å². The predicted octanol–water partition coefficient (Wildman–Crippen LogP) is 3.39. The molecule has 0 heterocycles. The van der Waals surface area contributed by atoms with Crippen LogP contribution in [0.3, 0.4) is 0 Å². The first-order chi connectivity index (χ1) is 9.16. The van der Waals surface area contributed by atoms with Crippen LogP contribution in [0.5, 0.6) is 0 Å². The molecular formula is C14H14N2O2S. The summed E-state index contributed by atoms with van der Waals surface area (Å²) in [5.41, 5.74) is 7.29. The van der Waals surface area contributed by atoms with Crippen LogP contribution in [0.1, 0.15) is 11.6 Å². The Kier molecular flexibility index (Phi) is 4.54. The second-order valence-electron chi connectivity index (χ2n) is 4.08. The van der Waals surface area contributed by atoms with Gasteiger partial charge in [-0.15, -0.1) is 11.8 Å². The summed E-state index contributed by atoms with van der Waals surface area (Å²) >= 11 is 1.60. The molecule has 2 aromatic carbocycles. The summed E-state index contributed by atoms with van der Waals surface area (Å²) in [7, 11) is 0. The lowest BCUT2D eigenvalue weighted by atomic mass is 10.1. The highest BCUT2D eigenvalue weighted by atomic mass is 32.2. The van der Waals surface area contributed by atoms with Crippen molar-refractivity contribution in [1.29, 1.82) is 0 Å². The lowest BCUT2D eigenvalue weighted by Gasteiger charge is -2.11. The lowest BCUT2D eigenvalue weighted by molar-refractivity contribution is -0.384. The average molecular weight is 274 g/mol. The van der Waals surface area contributed by atoms with Crippen LogP contribution in [0, 0.1) is 10.1 Å². The number of hydrogen-bond donors (Lipinski definition) is 1. The first-order valence-electron chi connectivity index (χ1n) is 5.84. The van der Waals surface area contributed by atoms with Gasteiger partial charge in [0.2, 0.25) is 0 Å². The SMILES string of the molecule is NC(CSc1ccc([N+](=O)[O-])cc1)c1ccccc1. The molecule has 2 aromatic rings. The van der Waals surface area contributed by atoms with Crippen molar-refractivity contribution >= 4 is 17.4 Å². The molecule has 0 aliphatic carbocycles. The Hall–Kier alpha value is -1.85. The summed E-state index contributed by atoms with van der Waals surface area (Å²) in [6.45, 7) is 0. The van der Waals surface area contributed by atoms with E-state index in [1.165, 1.54) is 12.1 Å². The van der Waals surface area contributed by atoms with Crippen molar-refractivity contribution in [2.24, 2.45) is 5.73 Å². The van der Waals surface area contributed by atoms with Crippen molar-refractivity contribution in [1.82, 2.24) is 0 Å².